The predicted molar refractivity (Wildman–Crippen MR) is 98.6 cm³/mol. The van der Waals surface area contributed by atoms with Crippen LogP contribution in [0.15, 0.2) is 47.3 Å². The van der Waals surface area contributed by atoms with Gasteiger partial charge in [-0.3, -0.25) is 14.9 Å². The second-order valence-corrected chi connectivity index (χ2v) is 6.51. The van der Waals surface area contributed by atoms with Crippen LogP contribution in [0.5, 0.6) is 0 Å². The van der Waals surface area contributed by atoms with E-state index in [0.29, 0.717) is 18.3 Å². The van der Waals surface area contributed by atoms with E-state index in [4.69, 9.17) is 4.42 Å². The molecule has 4 heterocycles. The van der Waals surface area contributed by atoms with Crippen LogP contribution in [0.1, 0.15) is 18.0 Å². The average molecular weight is 350 g/mol. The summed E-state index contributed by atoms with van der Waals surface area (Å²) in [6.45, 7) is 6.72. The van der Waals surface area contributed by atoms with E-state index in [2.05, 4.69) is 42.1 Å². The van der Waals surface area contributed by atoms with Crippen molar-refractivity contribution in [3.05, 3.63) is 54.4 Å². The Morgan fingerprint density at radius 1 is 1.08 bits per heavy atom. The molecule has 7 heteroatoms. The maximum absolute atomic E-state index is 5.81. The molecule has 134 valence electrons. The van der Waals surface area contributed by atoms with E-state index in [9.17, 15) is 0 Å². The Morgan fingerprint density at radius 2 is 2.04 bits per heavy atom. The molecule has 0 radical (unpaired) electrons. The van der Waals surface area contributed by atoms with Gasteiger partial charge in [-0.1, -0.05) is 0 Å². The lowest BCUT2D eigenvalue weighted by atomic mass is 10.3. The van der Waals surface area contributed by atoms with Crippen LogP contribution in [0.4, 0.5) is 5.69 Å². The minimum atomic E-state index is 0.525. The number of rotatable bonds is 4. The van der Waals surface area contributed by atoms with Crippen LogP contribution in [0, 0.1) is 6.92 Å². The van der Waals surface area contributed by atoms with Gasteiger partial charge in [0.1, 0.15) is 0 Å². The van der Waals surface area contributed by atoms with Gasteiger partial charge in [-0.15, -0.1) is 10.2 Å². The van der Waals surface area contributed by atoms with Gasteiger partial charge in [0.05, 0.1) is 12.1 Å². The van der Waals surface area contributed by atoms with Crippen molar-refractivity contribution in [2.75, 3.05) is 31.1 Å². The van der Waals surface area contributed by atoms with E-state index in [0.717, 1.165) is 43.9 Å². The zero-order chi connectivity index (χ0) is 17.8. The summed E-state index contributed by atoms with van der Waals surface area (Å²) >= 11 is 0. The third kappa shape index (κ3) is 3.88. The van der Waals surface area contributed by atoms with Crippen LogP contribution < -0.4 is 4.90 Å². The van der Waals surface area contributed by atoms with E-state index in [1.54, 1.807) is 12.4 Å². The molecule has 0 unspecified atom stereocenters. The molecule has 4 rings (SSSR count). The van der Waals surface area contributed by atoms with Crippen molar-refractivity contribution in [1.82, 2.24) is 25.1 Å². The Hall–Kier alpha value is -2.80. The van der Waals surface area contributed by atoms with Crippen LogP contribution >= 0.6 is 0 Å². The highest BCUT2D eigenvalue weighted by Crippen LogP contribution is 2.19. The highest BCUT2D eigenvalue weighted by Gasteiger charge is 2.18. The SMILES string of the molecule is Cc1cc(N2CCCN(Cc3nnc(-c4cccnc4)o3)CC2)ccn1. The Morgan fingerprint density at radius 3 is 2.88 bits per heavy atom. The minimum absolute atomic E-state index is 0.525. The highest BCUT2D eigenvalue weighted by molar-refractivity contribution is 5.50. The first-order chi connectivity index (χ1) is 12.8. The molecule has 1 aliphatic rings. The van der Waals surface area contributed by atoms with Gasteiger partial charge in [-0.2, -0.15) is 0 Å². The van der Waals surface area contributed by atoms with Gasteiger partial charge in [-0.05, 0) is 37.6 Å². The Labute approximate surface area is 152 Å². The fourth-order valence-electron chi connectivity index (χ4n) is 3.23. The average Bonchev–Trinajstić information content (AvgIpc) is 3.00. The van der Waals surface area contributed by atoms with Gasteiger partial charge >= 0.3 is 0 Å². The summed E-state index contributed by atoms with van der Waals surface area (Å²) in [6, 6.07) is 8.02. The van der Waals surface area contributed by atoms with E-state index < -0.39 is 0 Å². The van der Waals surface area contributed by atoms with Crippen molar-refractivity contribution in [3.8, 4) is 11.5 Å². The van der Waals surface area contributed by atoms with E-state index in [-0.39, 0.29) is 0 Å². The first kappa shape index (κ1) is 16.7. The molecule has 26 heavy (non-hydrogen) atoms. The third-order valence-corrected chi connectivity index (χ3v) is 4.57. The van der Waals surface area contributed by atoms with Gasteiger partial charge in [0.2, 0.25) is 11.8 Å². The first-order valence-electron chi connectivity index (χ1n) is 8.91. The third-order valence-electron chi connectivity index (χ3n) is 4.57. The van der Waals surface area contributed by atoms with Crippen LogP contribution in [0.25, 0.3) is 11.5 Å². The minimum Gasteiger partial charge on any atom is -0.419 e. The van der Waals surface area contributed by atoms with Gasteiger partial charge < -0.3 is 9.32 Å². The highest BCUT2D eigenvalue weighted by atomic mass is 16.4. The topological polar surface area (TPSA) is 71.2 Å². The Balaban J connectivity index is 1.38. The molecule has 1 saturated heterocycles. The van der Waals surface area contributed by atoms with Crippen molar-refractivity contribution in [1.29, 1.82) is 0 Å². The summed E-state index contributed by atoms with van der Waals surface area (Å²) in [4.78, 5) is 13.2. The molecule has 3 aromatic heterocycles. The van der Waals surface area contributed by atoms with Gasteiger partial charge in [0, 0.05) is 56.2 Å². The number of aryl methyl sites for hydroxylation is 1. The molecular formula is C19H22N6O. The largest absolute Gasteiger partial charge is 0.419 e. The zero-order valence-corrected chi connectivity index (χ0v) is 14.9. The van der Waals surface area contributed by atoms with Crippen molar-refractivity contribution in [2.24, 2.45) is 0 Å². The molecule has 0 atom stereocenters. The lowest BCUT2D eigenvalue weighted by molar-refractivity contribution is 0.256. The molecule has 0 bridgehead atoms. The number of hydrogen-bond acceptors (Lipinski definition) is 7. The number of anilines is 1. The maximum Gasteiger partial charge on any atom is 0.249 e. The fourth-order valence-corrected chi connectivity index (χ4v) is 3.23. The molecular weight excluding hydrogens is 328 g/mol. The van der Waals surface area contributed by atoms with E-state index >= 15 is 0 Å². The lowest BCUT2D eigenvalue weighted by Gasteiger charge is -2.23. The maximum atomic E-state index is 5.81. The molecule has 0 spiro atoms. The van der Waals surface area contributed by atoms with Crippen LogP contribution in [-0.2, 0) is 6.54 Å². The zero-order valence-electron chi connectivity index (χ0n) is 14.9. The molecule has 0 N–H and O–H groups in total. The van der Waals surface area contributed by atoms with Gasteiger partial charge in [-0.25, -0.2) is 0 Å². The van der Waals surface area contributed by atoms with Crippen molar-refractivity contribution in [3.63, 3.8) is 0 Å². The number of nitrogens with zero attached hydrogens (tertiary/aromatic N) is 6. The Kier molecular flexibility index (Phi) is 4.88. The summed E-state index contributed by atoms with van der Waals surface area (Å²) in [5.41, 5.74) is 3.15. The monoisotopic (exact) mass is 350 g/mol. The van der Waals surface area contributed by atoms with Crippen molar-refractivity contribution in [2.45, 2.75) is 19.9 Å². The van der Waals surface area contributed by atoms with Crippen LogP contribution in [-0.4, -0.2) is 51.2 Å². The lowest BCUT2D eigenvalue weighted by Crippen LogP contribution is -2.30. The molecule has 0 saturated carbocycles. The Bertz CT molecular complexity index is 850. The second-order valence-electron chi connectivity index (χ2n) is 6.51. The summed E-state index contributed by atoms with van der Waals surface area (Å²) in [7, 11) is 0. The van der Waals surface area contributed by atoms with Crippen LogP contribution in [0.3, 0.4) is 0 Å². The summed E-state index contributed by atoms with van der Waals surface area (Å²) in [5, 5.41) is 8.34. The summed E-state index contributed by atoms with van der Waals surface area (Å²) in [6.07, 6.45) is 6.45. The number of pyridine rings is 2. The van der Waals surface area contributed by atoms with Gasteiger partial charge in [0.25, 0.3) is 0 Å². The number of hydrogen-bond donors (Lipinski definition) is 0. The standard InChI is InChI=1S/C19H22N6O/c1-15-12-17(5-7-21-15)25-9-3-8-24(10-11-25)14-18-22-23-19(26-18)16-4-2-6-20-13-16/h2,4-7,12-13H,3,8-11,14H2,1H3. The molecule has 1 fully saturated rings. The first-order valence-corrected chi connectivity index (χ1v) is 8.91. The van der Waals surface area contributed by atoms with Crippen molar-refractivity contribution >= 4 is 5.69 Å². The molecule has 7 nitrogen and oxygen atoms in total. The summed E-state index contributed by atoms with van der Waals surface area (Å²) < 4.78 is 5.81. The predicted octanol–water partition coefficient (Wildman–Crippen LogP) is 2.55. The summed E-state index contributed by atoms with van der Waals surface area (Å²) in [5.74, 6) is 1.17. The molecule has 0 aromatic carbocycles. The van der Waals surface area contributed by atoms with Gasteiger partial charge in [0.15, 0.2) is 0 Å². The van der Waals surface area contributed by atoms with Crippen molar-refractivity contribution < 1.29 is 4.42 Å². The fraction of sp³-hybridized carbons (Fsp3) is 0.368. The van der Waals surface area contributed by atoms with E-state index in [1.807, 2.05) is 25.3 Å². The second kappa shape index (κ2) is 7.61. The normalized spacial score (nSPS) is 15.8. The molecule has 1 aliphatic heterocycles. The molecule has 0 amide bonds. The number of aromatic nitrogens is 4. The smallest absolute Gasteiger partial charge is 0.249 e. The van der Waals surface area contributed by atoms with E-state index in [1.165, 1.54) is 5.69 Å². The molecule has 3 aromatic rings. The quantitative estimate of drug-likeness (QED) is 0.716. The molecule has 0 aliphatic carbocycles. The van der Waals surface area contributed by atoms with Crippen LogP contribution in [0.2, 0.25) is 0 Å².